The van der Waals surface area contributed by atoms with E-state index in [0.717, 1.165) is 23.3 Å². The van der Waals surface area contributed by atoms with Gasteiger partial charge in [-0.15, -0.1) is 0 Å². The second-order valence-corrected chi connectivity index (χ2v) is 8.40. The third kappa shape index (κ3) is 2.76. The van der Waals surface area contributed by atoms with E-state index in [0.29, 0.717) is 6.42 Å². The Hall–Kier alpha value is -3.08. The first-order valence-corrected chi connectivity index (χ1v) is 9.95. The van der Waals surface area contributed by atoms with Crippen LogP contribution in [-0.4, -0.2) is 5.91 Å². The second kappa shape index (κ2) is 6.46. The first kappa shape index (κ1) is 18.9. The SMILES string of the molecule is CC1(C(=O)Nc2cccc(C(F)(F)F)c2)CC2c3ccccc3C1c1ccccc12. The maximum Gasteiger partial charge on any atom is 0.416 e. The van der Waals surface area contributed by atoms with Crippen molar-refractivity contribution in [2.45, 2.75) is 31.4 Å². The molecule has 30 heavy (non-hydrogen) atoms. The first-order chi connectivity index (χ1) is 14.3. The van der Waals surface area contributed by atoms with E-state index in [1.807, 2.05) is 31.2 Å². The van der Waals surface area contributed by atoms with Crippen LogP contribution in [0.15, 0.2) is 72.8 Å². The van der Waals surface area contributed by atoms with Gasteiger partial charge in [0, 0.05) is 17.5 Å². The topological polar surface area (TPSA) is 29.1 Å². The van der Waals surface area contributed by atoms with Gasteiger partial charge in [0.15, 0.2) is 0 Å². The number of halogens is 3. The number of hydrogen-bond donors (Lipinski definition) is 1. The molecule has 3 aromatic carbocycles. The lowest BCUT2D eigenvalue weighted by molar-refractivity contribution is -0.137. The summed E-state index contributed by atoms with van der Waals surface area (Å²) in [4.78, 5) is 13.5. The van der Waals surface area contributed by atoms with Crippen molar-refractivity contribution in [1.82, 2.24) is 0 Å². The molecule has 0 heterocycles. The summed E-state index contributed by atoms with van der Waals surface area (Å²) in [5, 5.41) is 2.77. The van der Waals surface area contributed by atoms with Crippen LogP contribution in [0.1, 0.15) is 53.0 Å². The molecule has 152 valence electrons. The van der Waals surface area contributed by atoms with Crippen molar-refractivity contribution in [2.24, 2.45) is 5.41 Å². The average Bonchev–Trinajstić information content (AvgIpc) is 2.73. The number of anilines is 1. The minimum Gasteiger partial charge on any atom is -0.326 e. The third-order valence-electron chi connectivity index (χ3n) is 6.60. The van der Waals surface area contributed by atoms with E-state index in [-0.39, 0.29) is 23.4 Å². The quantitative estimate of drug-likeness (QED) is 0.528. The minimum absolute atomic E-state index is 0.0969. The molecule has 3 aliphatic carbocycles. The molecule has 3 aliphatic rings. The molecule has 1 amide bonds. The molecule has 1 unspecified atom stereocenters. The van der Waals surface area contributed by atoms with E-state index in [1.165, 1.54) is 23.3 Å². The maximum absolute atomic E-state index is 13.5. The zero-order valence-corrected chi connectivity index (χ0v) is 16.3. The number of benzene rings is 3. The zero-order chi connectivity index (χ0) is 21.1. The van der Waals surface area contributed by atoms with Crippen molar-refractivity contribution in [1.29, 1.82) is 0 Å². The van der Waals surface area contributed by atoms with E-state index in [9.17, 15) is 18.0 Å². The highest BCUT2D eigenvalue weighted by molar-refractivity contribution is 5.97. The Labute approximate surface area is 172 Å². The van der Waals surface area contributed by atoms with Gasteiger partial charge in [-0.25, -0.2) is 0 Å². The lowest BCUT2D eigenvalue weighted by Gasteiger charge is -2.50. The zero-order valence-electron chi connectivity index (χ0n) is 16.3. The summed E-state index contributed by atoms with van der Waals surface area (Å²) in [5.74, 6) is -0.291. The highest BCUT2D eigenvalue weighted by Crippen LogP contribution is 2.61. The van der Waals surface area contributed by atoms with Crippen LogP contribution in [0.25, 0.3) is 0 Å². The van der Waals surface area contributed by atoms with Crippen molar-refractivity contribution >= 4 is 11.6 Å². The Morgan fingerprint density at radius 3 is 2.03 bits per heavy atom. The number of hydrogen-bond acceptors (Lipinski definition) is 1. The number of rotatable bonds is 2. The number of nitrogens with one attached hydrogen (secondary N) is 1. The van der Waals surface area contributed by atoms with E-state index < -0.39 is 17.2 Å². The predicted molar refractivity (Wildman–Crippen MR) is 109 cm³/mol. The Kier molecular flexibility index (Phi) is 4.07. The molecular weight excluding hydrogens is 387 g/mol. The summed E-state index contributed by atoms with van der Waals surface area (Å²) >= 11 is 0. The van der Waals surface area contributed by atoms with E-state index in [4.69, 9.17) is 0 Å². The van der Waals surface area contributed by atoms with Crippen LogP contribution < -0.4 is 5.32 Å². The van der Waals surface area contributed by atoms with Crippen molar-refractivity contribution in [2.75, 3.05) is 5.32 Å². The number of amides is 1. The molecule has 3 aromatic rings. The van der Waals surface area contributed by atoms with Crippen LogP contribution in [0, 0.1) is 5.41 Å². The predicted octanol–water partition coefficient (Wildman–Crippen LogP) is 6.33. The Bertz CT molecular complexity index is 1110. The maximum atomic E-state index is 13.5. The van der Waals surface area contributed by atoms with Gasteiger partial charge in [-0.2, -0.15) is 13.2 Å². The van der Waals surface area contributed by atoms with Gasteiger partial charge in [-0.3, -0.25) is 4.79 Å². The van der Waals surface area contributed by atoms with Crippen LogP contribution >= 0.6 is 0 Å². The van der Waals surface area contributed by atoms with Crippen molar-refractivity contribution in [3.05, 3.63) is 101 Å². The first-order valence-electron chi connectivity index (χ1n) is 9.95. The Morgan fingerprint density at radius 2 is 1.47 bits per heavy atom. The molecule has 0 fully saturated rings. The molecule has 2 bridgehead atoms. The fourth-order valence-electron chi connectivity index (χ4n) is 5.24. The molecule has 0 saturated heterocycles. The smallest absolute Gasteiger partial charge is 0.326 e. The fourth-order valence-corrected chi connectivity index (χ4v) is 5.24. The standard InChI is InChI=1S/C25H20F3NO/c1-24(23(30)29-16-8-6-7-15(13-16)25(26,27)28)14-21-17-9-2-4-11-19(17)22(24)20-12-5-3-10-18(20)21/h2-13,21-22H,14H2,1H3,(H,29,30). The molecular formula is C25H20F3NO. The number of carbonyl (C=O) groups is 1. The summed E-state index contributed by atoms with van der Waals surface area (Å²) in [6, 6.07) is 21.2. The normalized spacial score (nSPS) is 24.1. The molecule has 5 heteroatoms. The van der Waals surface area contributed by atoms with Gasteiger partial charge < -0.3 is 5.32 Å². The lowest BCUT2D eigenvalue weighted by atomic mass is 9.52. The molecule has 1 N–H and O–H groups in total. The number of alkyl halides is 3. The fraction of sp³-hybridized carbons (Fsp3) is 0.240. The summed E-state index contributed by atoms with van der Waals surface area (Å²) in [7, 11) is 0. The summed E-state index contributed by atoms with van der Waals surface area (Å²) in [6.45, 7) is 1.93. The van der Waals surface area contributed by atoms with Gasteiger partial charge in [-0.05, 0) is 53.8 Å². The molecule has 6 rings (SSSR count). The van der Waals surface area contributed by atoms with Crippen LogP contribution in [0.2, 0.25) is 0 Å². The molecule has 2 nitrogen and oxygen atoms in total. The van der Waals surface area contributed by atoms with Crippen LogP contribution in [0.5, 0.6) is 0 Å². The molecule has 0 radical (unpaired) electrons. The van der Waals surface area contributed by atoms with Crippen molar-refractivity contribution in [3.8, 4) is 0 Å². The van der Waals surface area contributed by atoms with Crippen molar-refractivity contribution in [3.63, 3.8) is 0 Å². The summed E-state index contributed by atoms with van der Waals surface area (Å²) in [6.07, 6.45) is -3.83. The van der Waals surface area contributed by atoms with E-state index in [1.54, 1.807) is 0 Å². The van der Waals surface area contributed by atoms with Gasteiger partial charge in [-0.1, -0.05) is 54.6 Å². The van der Waals surface area contributed by atoms with Gasteiger partial charge >= 0.3 is 6.18 Å². The van der Waals surface area contributed by atoms with Gasteiger partial charge in [0.2, 0.25) is 5.91 Å². The molecule has 0 spiro atoms. The lowest BCUT2D eigenvalue weighted by Crippen LogP contribution is -2.47. The third-order valence-corrected chi connectivity index (χ3v) is 6.60. The number of fused-ring (bicyclic) bond motifs is 1. The van der Waals surface area contributed by atoms with Gasteiger partial charge in [0.1, 0.15) is 0 Å². The highest BCUT2D eigenvalue weighted by atomic mass is 19.4. The van der Waals surface area contributed by atoms with Crippen LogP contribution in [-0.2, 0) is 11.0 Å². The van der Waals surface area contributed by atoms with E-state index >= 15 is 0 Å². The second-order valence-electron chi connectivity index (χ2n) is 8.40. The van der Waals surface area contributed by atoms with Crippen LogP contribution in [0.3, 0.4) is 0 Å². The molecule has 0 saturated carbocycles. The largest absolute Gasteiger partial charge is 0.416 e. The minimum atomic E-state index is -4.45. The summed E-state index contributed by atoms with van der Waals surface area (Å²) in [5.41, 5.74) is 3.38. The van der Waals surface area contributed by atoms with Crippen LogP contribution in [0.4, 0.5) is 18.9 Å². The average molecular weight is 407 g/mol. The summed E-state index contributed by atoms with van der Waals surface area (Å²) < 4.78 is 39.2. The van der Waals surface area contributed by atoms with E-state index in [2.05, 4.69) is 29.6 Å². The van der Waals surface area contributed by atoms with Crippen molar-refractivity contribution < 1.29 is 18.0 Å². The Balaban J connectivity index is 1.55. The molecule has 0 aromatic heterocycles. The molecule has 0 aliphatic heterocycles. The molecule has 1 atom stereocenters. The number of carbonyl (C=O) groups excluding carboxylic acids is 1. The van der Waals surface area contributed by atoms with Gasteiger partial charge in [0.25, 0.3) is 0 Å². The Morgan fingerprint density at radius 1 is 0.900 bits per heavy atom. The highest BCUT2D eigenvalue weighted by Gasteiger charge is 2.53. The monoisotopic (exact) mass is 407 g/mol. The van der Waals surface area contributed by atoms with Gasteiger partial charge in [0.05, 0.1) is 11.0 Å².